The van der Waals surface area contributed by atoms with Crippen molar-refractivity contribution in [2.45, 2.75) is 4.90 Å². The van der Waals surface area contributed by atoms with E-state index in [0.717, 1.165) is 13.1 Å². The van der Waals surface area contributed by atoms with Crippen LogP contribution in [0.2, 0.25) is 0 Å². The summed E-state index contributed by atoms with van der Waals surface area (Å²) in [6, 6.07) is 0. The molecule has 0 atom stereocenters. The first-order chi connectivity index (χ1) is 8.38. The van der Waals surface area contributed by atoms with Crippen molar-refractivity contribution in [1.82, 2.24) is 24.5 Å². The van der Waals surface area contributed by atoms with Gasteiger partial charge in [0.25, 0.3) is 10.0 Å². The van der Waals surface area contributed by atoms with E-state index in [2.05, 4.69) is 14.8 Å². The van der Waals surface area contributed by atoms with Crippen LogP contribution < -0.4 is 10.6 Å². The zero-order chi connectivity index (χ0) is 13.3. The first kappa shape index (κ1) is 13.3. The molecule has 1 aromatic heterocycles. The topological polar surface area (TPSA) is 96.5 Å². The standard InChI is InChI=1S/C9H18N6O2S/c1-13-3-5-15(6-4-13)12-18(16,17)8-7-14(2)11-9(8)10/h7,12H,3-6H2,1-2H3,(H2,10,11). The number of hydrogen-bond acceptors (Lipinski definition) is 6. The molecule has 1 fully saturated rings. The van der Waals surface area contributed by atoms with Gasteiger partial charge in [-0.3, -0.25) is 4.68 Å². The summed E-state index contributed by atoms with van der Waals surface area (Å²) in [5, 5.41) is 5.51. The normalized spacial score (nSPS) is 19.2. The van der Waals surface area contributed by atoms with Gasteiger partial charge >= 0.3 is 0 Å². The summed E-state index contributed by atoms with van der Waals surface area (Å²) in [5.74, 6) is 0.0131. The summed E-state index contributed by atoms with van der Waals surface area (Å²) in [7, 11) is -0.00305. The Bertz CT molecular complexity index is 517. The monoisotopic (exact) mass is 274 g/mol. The number of rotatable bonds is 3. The lowest BCUT2D eigenvalue weighted by molar-refractivity contribution is 0.135. The lowest BCUT2D eigenvalue weighted by atomic mass is 10.4. The molecular formula is C9H18N6O2S. The van der Waals surface area contributed by atoms with E-state index < -0.39 is 10.0 Å². The summed E-state index contributed by atoms with van der Waals surface area (Å²) >= 11 is 0. The predicted molar refractivity (Wildman–Crippen MR) is 67.0 cm³/mol. The first-order valence-corrected chi connectivity index (χ1v) is 7.12. The summed E-state index contributed by atoms with van der Waals surface area (Å²) in [6.07, 6.45) is 1.40. The van der Waals surface area contributed by atoms with Crippen molar-refractivity contribution in [3.8, 4) is 0 Å². The minimum absolute atomic E-state index is 0.0131. The van der Waals surface area contributed by atoms with Gasteiger partial charge in [0, 0.05) is 39.4 Å². The van der Waals surface area contributed by atoms with Crippen LogP contribution in [-0.4, -0.2) is 61.3 Å². The van der Waals surface area contributed by atoms with Crippen molar-refractivity contribution in [2.24, 2.45) is 7.05 Å². The van der Waals surface area contributed by atoms with Crippen LogP contribution in [0.5, 0.6) is 0 Å². The number of piperazine rings is 1. The maximum absolute atomic E-state index is 12.1. The summed E-state index contributed by atoms with van der Waals surface area (Å²) in [4.78, 5) is 4.69. The molecule has 102 valence electrons. The van der Waals surface area contributed by atoms with Gasteiger partial charge in [-0.1, -0.05) is 0 Å². The van der Waals surface area contributed by atoms with E-state index in [1.807, 2.05) is 7.05 Å². The molecule has 0 aromatic carbocycles. The number of nitrogens with one attached hydrogen (secondary N) is 1. The van der Waals surface area contributed by atoms with Crippen LogP contribution in [0.25, 0.3) is 0 Å². The molecule has 0 amide bonds. The highest BCUT2D eigenvalue weighted by Gasteiger charge is 2.24. The van der Waals surface area contributed by atoms with E-state index in [9.17, 15) is 8.42 Å². The maximum Gasteiger partial charge on any atom is 0.258 e. The molecule has 1 aromatic rings. The van der Waals surface area contributed by atoms with Gasteiger partial charge in [-0.2, -0.15) is 5.10 Å². The van der Waals surface area contributed by atoms with Gasteiger partial charge in [0.2, 0.25) is 0 Å². The molecule has 2 rings (SSSR count). The van der Waals surface area contributed by atoms with E-state index in [4.69, 9.17) is 5.73 Å². The molecule has 0 bridgehead atoms. The molecular weight excluding hydrogens is 256 g/mol. The van der Waals surface area contributed by atoms with Crippen molar-refractivity contribution in [1.29, 1.82) is 0 Å². The minimum Gasteiger partial charge on any atom is -0.381 e. The van der Waals surface area contributed by atoms with Gasteiger partial charge in [-0.25, -0.2) is 13.4 Å². The fourth-order valence-corrected chi connectivity index (χ4v) is 3.04. The van der Waals surface area contributed by atoms with Gasteiger partial charge in [-0.15, -0.1) is 4.83 Å². The van der Waals surface area contributed by atoms with Gasteiger partial charge in [0.15, 0.2) is 5.82 Å². The van der Waals surface area contributed by atoms with Crippen molar-refractivity contribution < 1.29 is 8.42 Å². The Morgan fingerprint density at radius 1 is 1.28 bits per heavy atom. The van der Waals surface area contributed by atoms with Gasteiger partial charge in [0.05, 0.1) is 0 Å². The summed E-state index contributed by atoms with van der Waals surface area (Å²) < 4.78 is 25.6. The number of hydrogen-bond donors (Lipinski definition) is 2. The molecule has 0 radical (unpaired) electrons. The Kier molecular flexibility index (Phi) is 3.57. The number of nitrogens with zero attached hydrogens (tertiary/aromatic N) is 4. The molecule has 3 N–H and O–H groups in total. The Hall–Kier alpha value is -1.16. The molecule has 8 nitrogen and oxygen atoms in total. The van der Waals surface area contributed by atoms with Crippen LogP contribution in [0.3, 0.4) is 0 Å². The third-order valence-electron chi connectivity index (χ3n) is 2.86. The van der Waals surface area contributed by atoms with Gasteiger partial charge < -0.3 is 10.6 Å². The number of anilines is 1. The average molecular weight is 274 g/mol. The Morgan fingerprint density at radius 3 is 2.39 bits per heavy atom. The van der Waals surface area contributed by atoms with Crippen LogP contribution in [0.15, 0.2) is 11.1 Å². The quantitative estimate of drug-likeness (QED) is 0.692. The molecule has 1 aliphatic rings. The van der Waals surface area contributed by atoms with Gasteiger partial charge in [-0.05, 0) is 7.05 Å². The van der Waals surface area contributed by atoms with E-state index in [1.165, 1.54) is 10.9 Å². The highest BCUT2D eigenvalue weighted by atomic mass is 32.2. The Balaban J connectivity index is 2.10. The average Bonchev–Trinajstić information content (AvgIpc) is 2.62. The van der Waals surface area contributed by atoms with Crippen molar-refractivity contribution in [3.63, 3.8) is 0 Å². The first-order valence-electron chi connectivity index (χ1n) is 5.63. The maximum atomic E-state index is 12.1. The summed E-state index contributed by atoms with van der Waals surface area (Å²) in [5.41, 5.74) is 5.58. The van der Waals surface area contributed by atoms with Crippen molar-refractivity contribution in [2.75, 3.05) is 39.0 Å². The largest absolute Gasteiger partial charge is 0.381 e. The second kappa shape index (κ2) is 4.84. The number of aromatic nitrogens is 2. The zero-order valence-electron chi connectivity index (χ0n) is 10.5. The molecule has 2 heterocycles. The molecule has 1 saturated heterocycles. The van der Waals surface area contributed by atoms with Crippen molar-refractivity contribution >= 4 is 15.8 Å². The van der Waals surface area contributed by atoms with Crippen molar-refractivity contribution in [3.05, 3.63) is 6.20 Å². The van der Waals surface area contributed by atoms with E-state index in [-0.39, 0.29) is 10.7 Å². The van der Waals surface area contributed by atoms with Crippen LogP contribution in [0.1, 0.15) is 0 Å². The fourth-order valence-electron chi connectivity index (χ4n) is 1.81. The SMILES string of the molecule is CN1CCN(NS(=O)(=O)c2cn(C)nc2N)CC1. The number of sulfonamides is 1. The second-order valence-electron chi connectivity index (χ2n) is 4.44. The lowest BCUT2D eigenvalue weighted by Gasteiger charge is -2.31. The number of nitrogens with two attached hydrogens (primary N) is 1. The van der Waals surface area contributed by atoms with Crippen LogP contribution >= 0.6 is 0 Å². The molecule has 0 aliphatic carbocycles. The van der Waals surface area contributed by atoms with E-state index in [1.54, 1.807) is 12.1 Å². The molecule has 18 heavy (non-hydrogen) atoms. The summed E-state index contributed by atoms with van der Waals surface area (Å²) in [6.45, 7) is 2.95. The molecule has 9 heteroatoms. The third-order valence-corrected chi connectivity index (χ3v) is 4.26. The highest BCUT2D eigenvalue weighted by molar-refractivity contribution is 7.89. The predicted octanol–water partition coefficient (Wildman–Crippen LogP) is -1.56. The smallest absolute Gasteiger partial charge is 0.258 e. The zero-order valence-corrected chi connectivity index (χ0v) is 11.3. The second-order valence-corrected chi connectivity index (χ2v) is 6.07. The molecule has 0 unspecified atom stereocenters. The van der Waals surface area contributed by atoms with Crippen LogP contribution in [0, 0.1) is 0 Å². The number of hydrazine groups is 1. The number of aryl methyl sites for hydroxylation is 1. The van der Waals surface area contributed by atoms with E-state index >= 15 is 0 Å². The lowest BCUT2D eigenvalue weighted by Crippen LogP contribution is -2.52. The number of nitrogen functional groups attached to an aromatic ring is 1. The molecule has 0 saturated carbocycles. The van der Waals surface area contributed by atoms with Crippen LogP contribution in [-0.2, 0) is 17.1 Å². The Labute approximate surface area is 106 Å². The highest BCUT2D eigenvalue weighted by Crippen LogP contribution is 2.15. The van der Waals surface area contributed by atoms with Gasteiger partial charge in [0.1, 0.15) is 4.90 Å². The Morgan fingerprint density at radius 2 is 1.89 bits per heavy atom. The molecule has 0 spiro atoms. The number of likely N-dealkylation sites (N-methyl/N-ethyl adjacent to an activating group) is 1. The third kappa shape index (κ3) is 2.80. The fraction of sp³-hybridized carbons (Fsp3) is 0.667. The minimum atomic E-state index is -3.64. The van der Waals surface area contributed by atoms with E-state index in [0.29, 0.717) is 13.1 Å². The van der Waals surface area contributed by atoms with Crippen LogP contribution in [0.4, 0.5) is 5.82 Å². The molecule has 1 aliphatic heterocycles.